The standard InChI is InChI=1S/C18H12N4O/c19-10-15-11-20-22-6-5-12(8-17(15)22)7-14-9-13-3-1-2-4-16(13)21-18(14)23/h1-6,8-9,11,13H,7H2. The molecular formula is C18H12N4O. The van der Waals surface area contributed by atoms with Crippen LogP contribution in [0, 0.1) is 17.2 Å². The van der Waals surface area contributed by atoms with E-state index in [4.69, 9.17) is 5.26 Å². The Morgan fingerprint density at radius 3 is 3.13 bits per heavy atom. The summed E-state index contributed by atoms with van der Waals surface area (Å²) in [6.45, 7) is 0. The Morgan fingerprint density at radius 2 is 2.26 bits per heavy atom. The van der Waals surface area contributed by atoms with Gasteiger partial charge in [-0.2, -0.15) is 10.4 Å². The summed E-state index contributed by atoms with van der Waals surface area (Å²) in [6, 6.07) is 5.93. The number of carbonyl (C=O) groups is 1. The third-order valence-corrected chi connectivity index (χ3v) is 4.03. The van der Waals surface area contributed by atoms with Crippen molar-refractivity contribution in [2.45, 2.75) is 6.42 Å². The van der Waals surface area contributed by atoms with Gasteiger partial charge < -0.3 is 0 Å². The van der Waals surface area contributed by atoms with Gasteiger partial charge in [0, 0.05) is 24.1 Å². The SMILES string of the molecule is N#Cc1cnn2ccc(CC3=CC4C=CC=CC4=NC3=O)cc12. The minimum atomic E-state index is -0.190. The van der Waals surface area contributed by atoms with Crippen molar-refractivity contribution in [3.63, 3.8) is 0 Å². The maximum absolute atomic E-state index is 12.2. The molecule has 0 fully saturated rings. The van der Waals surface area contributed by atoms with Crippen LogP contribution in [0.5, 0.6) is 0 Å². The molecule has 2 aromatic heterocycles. The van der Waals surface area contributed by atoms with Crippen LogP contribution in [0.15, 0.2) is 65.5 Å². The molecular weight excluding hydrogens is 288 g/mol. The maximum Gasteiger partial charge on any atom is 0.273 e. The fourth-order valence-electron chi connectivity index (χ4n) is 2.85. The molecule has 1 aliphatic heterocycles. The number of carbonyl (C=O) groups excluding carboxylic acids is 1. The topological polar surface area (TPSA) is 70.5 Å². The van der Waals surface area contributed by atoms with Crippen molar-refractivity contribution >= 4 is 17.1 Å². The van der Waals surface area contributed by atoms with Crippen molar-refractivity contribution in [3.05, 3.63) is 71.6 Å². The number of dihydropyridines is 1. The second-order valence-electron chi connectivity index (χ2n) is 5.52. The van der Waals surface area contributed by atoms with Crippen molar-refractivity contribution in [2.75, 3.05) is 0 Å². The first-order chi connectivity index (χ1) is 11.2. The molecule has 2 aliphatic rings. The van der Waals surface area contributed by atoms with E-state index >= 15 is 0 Å². The van der Waals surface area contributed by atoms with Crippen LogP contribution in [0.3, 0.4) is 0 Å². The molecule has 1 amide bonds. The normalized spacial score (nSPS) is 19.3. The van der Waals surface area contributed by atoms with Crippen molar-refractivity contribution in [3.8, 4) is 6.07 Å². The van der Waals surface area contributed by atoms with Gasteiger partial charge in [0.2, 0.25) is 0 Å². The summed E-state index contributed by atoms with van der Waals surface area (Å²) in [6.07, 6.45) is 13.6. The number of amides is 1. The molecule has 3 heterocycles. The second-order valence-corrected chi connectivity index (χ2v) is 5.52. The first-order valence-corrected chi connectivity index (χ1v) is 7.29. The van der Waals surface area contributed by atoms with Gasteiger partial charge in [-0.1, -0.05) is 24.3 Å². The van der Waals surface area contributed by atoms with E-state index in [-0.39, 0.29) is 11.8 Å². The number of rotatable bonds is 2. The van der Waals surface area contributed by atoms with E-state index in [0.717, 1.165) is 16.8 Å². The van der Waals surface area contributed by atoms with E-state index in [1.54, 1.807) is 16.9 Å². The van der Waals surface area contributed by atoms with Gasteiger partial charge >= 0.3 is 0 Å². The lowest BCUT2D eigenvalue weighted by atomic mass is 9.91. The van der Waals surface area contributed by atoms with E-state index in [1.165, 1.54) is 0 Å². The van der Waals surface area contributed by atoms with Crippen LogP contribution in [0.1, 0.15) is 11.1 Å². The highest BCUT2D eigenvalue weighted by atomic mass is 16.1. The van der Waals surface area contributed by atoms with Gasteiger partial charge in [-0.25, -0.2) is 9.51 Å². The monoisotopic (exact) mass is 300 g/mol. The minimum absolute atomic E-state index is 0.0704. The van der Waals surface area contributed by atoms with Gasteiger partial charge in [0.1, 0.15) is 6.07 Å². The molecule has 0 saturated carbocycles. The smallest absolute Gasteiger partial charge is 0.267 e. The summed E-state index contributed by atoms with van der Waals surface area (Å²) in [4.78, 5) is 16.4. The summed E-state index contributed by atoms with van der Waals surface area (Å²) in [5, 5.41) is 13.2. The van der Waals surface area contributed by atoms with E-state index in [2.05, 4.69) is 16.2 Å². The number of nitriles is 1. The van der Waals surface area contributed by atoms with Gasteiger partial charge in [-0.15, -0.1) is 0 Å². The van der Waals surface area contributed by atoms with Gasteiger partial charge in [0.05, 0.1) is 23.0 Å². The first-order valence-electron chi connectivity index (χ1n) is 7.29. The van der Waals surface area contributed by atoms with Crippen molar-refractivity contribution in [2.24, 2.45) is 10.9 Å². The number of hydrogen-bond donors (Lipinski definition) is 0. The number of allylic oxidation sites excluding steroid dienone is 5. The molecule has 1 aliphatic carbocycles. The molecule has 23 heavy (non-hydrogen) atoms. The van der Waals surface area contributed by atoms with Crippen LogP contribution >= 0.6 is 0 Å². The first kappa shape index (κ1) is 13.4. The highest BCUT2D eigenvalue weighted by molar-refractivity contribution is 6.13. The van der Waals surface area contributed by atoms with Crippen LogP contribution in [0.25, 0.3) is 5.52 Å². The molecule has 2 aromatic rings. The summed E-state index contributed by atoms with van der Waals surface area (Å²) < 4.78 is 1.66. The van der Waals surface area contributed by atoms with Crippen molar-refractivity contribution in [1.29, 1.82) is 5.26 Å². The number of hydrogen-bond acceptors (Lipinski definition) is 3. The molecule has 5 heteroatoms. The van der Waals surface area contributed by atoms with Gasteiger partial charge in [0.25, 0.3) is 5.91 Å². The number of aliphatic imine (C=N–C) groups is 1. The maximum atomic E-state index is 12.2. The lowest BCUT2D eigenvalue weighted by Gasteiger charge is -2.18. The third kappa shape index (κ3) is 2.30. The van der Waals surface area contributed by atoms with E-state index in [9.17, 15) is 4.79 Å². The number of pyridine rings is 1. The third-order valence-electron chi connectivity index (χ3n) is 4.03. The Morgan fingerprint density at radius 1 is 1.35 bits per heavy atom. The zero-order valence-electron chi connectivity index (χ0n) is 12.2. The lowest BCUT2D eigenvalue weighted by Crippen LogP contribution is -2.20. The Kier molecular flexibility index (Phi) is 3.02. The number of aromatic nitrogens is 2. The van der Waals surface area contributed by atoms with E-state index in [1.807, 2.05) is 42.5 Å². The van der Waals surface area contributed by atoms with Crippen LogP contribution in [0.4, 0.5) is 0 Å². The summed E-state index contributed by atoms with van der Waals surface area (Å²) in [5.74, 6) is -0.119. The fraction of sp³-hybridized carbons (Fsp3) is 0.111. The van der Waals surface area contributed by atoms with Crippen molar-refractivity contribution in [1.82, 2.24) is 9.61 Å². The van der Waals surface area contributed by atoms with Crippen LogP contribution in [0.2, 0.25) is 0 Å². The Bertz CT molecular complexity index is 982. The van der Waals surface area contributed by atoms with Gasteiger partial charge in [-0.3, -0.25) is 4.79 Å². The molecule has 0 bridgehead atoms. The molecule has 4 rings (SSSR count). The predicted octanol–water partition coefficient (Wildman–Crippen LogP) is 2.40. The molecule has 0 aromatic carbocycles. The van der Waals surface area contributed by atoms with Crippen LogP contribution < -0.4 is 0 Å². The minimum Gasteiger partial charge on any atom is -0.267 e. The summed E-state index contributed by atoms with van der Waals surface area (Å²) in [7, 11) is 0. The van der Waals surface area contributed by atoms with Gasteiger partial charge in [-0.05, 0) is 23.8 Å². The Hall–Kier alpha value is -3.26. The average molecular weight is 300 g/mol. The predicted molar refractivity (Wildman–Crippen MR) is 85.9 cm³/mol. The van der Waals surface area contributed by atoms with Crippen LogP contribution in [-0.4, -0.2) is 21.2 Å². The Balaban J connectivity index is 1.67. The van der Waals surface area contributed by atoms with E-state index in [0.29, 0.717) is 17.6 Å². The molecule has 0 radical (unpaired) electrons. The second kappa shape index (κ2) is 5.18. The van der Waals surface area contributed by atoms with Crippen molar-refractivity contribution < 1.29 is 4.79 Å². The molecule has 0 saturated heterocycles. The molecule has 1 unspecified atom stereocenters. The number of nitrogens with zero attached hydrogens (tertiary/aromatic N) is 4. The quantitative estimate of drug-likeness (QED) is 0.855. The zero-order valence-corrected chi connectivity index (χ0v) is 12.2. The molecule has 110 valence electrons. The molecule has 0 N–H and O–H groups in total. The summed E-state index contributed by atoms with van der Waals surface area (Å²) in [5.41, 5.74) is 3.71. The molecule has 0 spiro atoms. The van der Waals surface area contributed by atoms with Gasteiger partial charge in [0.15, 0.2) is 0 Å². The molecule has 5 nitrogen and oxygen atoms in total. The highest BCUT2D eigenvalue weighted by Crippen LogP contribution is 2.23. The van der Waals surface area contributed by atoms with E-state index < -0.39 is 0 Å². The fourth-order valence-corrected chi connectivity index (χ4v) is 2.85. The average Bonchev–Trinajstić information content (AvgIpc) is 2.98. The van der Waals surface area contributed by atoms with Crippen LogP contribution in [-0.2, 0) is 11.2 Å². The summed E-state index contributed by atoms with van der Waals surface area (Å²) >= 11 is 0. The largest absolute Gasteiger partial charge is 0.273 e. The zero-order chi connectivity index (χ0) is 15.8. The molecule has 1 atom stereocenters. The number of fused-ring (bicyclic) bond motifs is 2. The highest BCUT2D eigenvalue weighted by Gasteiger charge is 2.22. The Labute approximate surface area is 132 Å². The lowest BCUT2D eigenvalue weighted by molar-refractivity contribution is -0.114.